The molecule has 8 nitrogen and oxygen atoms in total. The minimum absolute atomic E-state index is 0.0396. The Labute approximate surface area is 282 Å². The first-order valence-electron chi connectivity index (χ1n) is 17.0. The van der Waals surface area contributed by atoms with Crippen molar-refractivity contribution in [3.05, 3.63) is 89.9 Å². The topological polar surface area (TPSA) is 84.2 Å². The van der Waals surface area contributed by atoms with E-state index < -0.39 is 17.6 Å². The molecule has 9 heteroatoms. The molecule has 254 valence electrons. The molecule has 2 aliphatic rings. The van der Waals surface area contributed by atoms with Gasteiger partial charge in [0.1, 0.15) is 17.2 Å². The lowest BCUT2D eigenvalue weighted by atomic mass is 9.78. The summed E-state index contributed by atoms with van der Waals surface area (Å²) >= 11 is 0. The van der Waals surface area contributed by atoms with Crippen LogP contribution < -0.4 is 0 Å². The van der Waals surface area contributed by atoms with Gasteiger partial charge in [0.15, 0.2) is 0 Å². The van der Waals surface area contributed by atoms with Crippen LogP contribution in [0.4, 0.5) is 9.18 Å². The SMILES string of the molecule is COCCCn1cc(CN(C(=O)C2CN(C(=O)OC(C)(C)C)CCC2c2cc(O)cc(-c3ccccc3)c2)C2CC2)c2c(F)cccc21. The van der Waals surface area contributed by atoms with Crippen LogP contribution in [0.2, 0.25) is 0 Å². The largest absolute Gasteiger partial charge is 0.508 e. The van der Waals surface area contributed by atoms with E-state index in [9.17, 15) is 14.7 Å². The fraction of sp³-hybridized carbons (Fsp3) is 0.436. The molecule has 2 fully saturated rings. The molecule has 1 saturated heterocycles. The van der Waals surface area contributed by atoms with Gasteiger partial charge >= 0.3 is 6.09 Å². The van der Waals surface area contributed by atoms with E-state index in [4.69, 9.17) is 9.47 Å². The lowest BCUT2D eigenvalue weighted by Crippen LogP contribution is -2.51. The number of aromatic nitrogens is 1. The molecule has 0 bridgehead atoms. The molecule has 48 heavy (non-hydrogen) atoms. The van der Waals surface area contributed by atoms with Gasteiger partial charge in [-0.2, -0.15) is 0 Å². The van der Waals surface area contributed by atoms with Crippen LogP contribution >= 0.6 is 0 Å². The van der Waals surface area contributed by atoms with Crippen LogP contribution in [0.5, 0.6) is 5.75 Å². The lowest BCUT2D eigenvalue weighted by molar-refractivity contribution is -0.139. The Bertz CT molecular complexity index is 1760. The quantitative estimate of drug-likeness (QED) is 0.177. The molecule has 2 amide bonds. The van der Waals surface area contributed by atoms with E-state index in [-0.39, 0.29) is 42.5 Å². The maximum Gasteiger partial charge on any atom is 0.410 e. The Morgan fingerprint density at radius 1 is 1.00 bits per heavy atom. The summed E-state index contributed by atoms with van der Waals surface area (Å²) in [6.45, 7) is 7.63. The normalized spacial score (nSPS) is 18.2. The molecular formula is C39H46FN3O5. The van der Waals surface area contributed by atoms with Gasteiger partial charge < -0.3 is 28.9 Å². The molecule has 1 N–H and O–H groups in total. The highest BCUT2D eigenvalue weighted by Gasteiger charge is 2.43. The van der Waals surface area contributed by atoms with Crippen LogP contribution in [0.25, 0.3) is 22.0 Å². The summed E-state index contributed by atoms with van der Waals surface area (Å²) in [6, 6.07) is 20.5. The van der Waals surface area contributed by atoms with E-state index in [2.05, 4.69) is 0 Å². The van der Waals surface area contributed by atoms with Crippen molar-refractivity contribution >= 4 is 22.9 Å². The average molecular weight is 656 g/mol. The maximum atomic E-state index is 15.4. The number of aryl methyl sites for hydroxylation is 1. The molecule has 2 unspecified atom stereocenters. The number of likely N-dealkylation sites (tertiary alicyclic amines) is 1. The predicted molar refractivity (Wildman–Crippen MR) is 184 cm³/mol. The highest BCUT2D eigenvalue weighted by atomic mass is 19.1. The molecule has 4 aromatic rings. The Morgan fingerprint density at radius 3 is 2.48 bits per heavy atom. The van der Waals surface area contributed by atoms with Crippen LogP contribution in [0.1, 0.15) is 63.5 Å². The third-order valence-electron chi connectivity index (χ3n) is 9.35. The van der Waals surface area contributed by atoms with Gasteiger partial charge in [0.2, 0.25) is 5.91 Å². The van der Waals surface area contributed by atoms with Crippen molar-refractivity contribution < 1.29 is 28.6 Å². The van der Waals surface area contributed by atoms with Crippen LogP contribution in [-0.2, 0) is 27.4 Å². The van der Waals surface area contributed by atoms with Crippen molar-refractivity contribution in [1.82, 2.24) is 14.4 Å². The number of aromatic hydroxyl groups is 1. The second-order valence-corrected chi connectivity index (χ2v) is 14.1. The molecule has 2 atom stereocenters. The first-order chi connectivity index (χ1) is 23.0. The number of phenols is 1. The zero-order valence-electron chi connectivity index (χ0n) is 28.3. The summed E-state index contributed by atoms with van der Waals surface area (Å²) in [6.07, 6.45) is 4.58. The minimum Gasteiger partial charge on any atom is -0.508 e. The van der Waals surface area contributed by atoms with Crippen molar-refractivity contribution in [3.63, 3.8) is 0 Å². The number of rotatable bonds is 10. The number of benzene rings is 3. The van der Waals surface area contributed by atoms with Gasteiger partial charge in [0, 0.05) is 57.5 Å². The third kappa shape index (κ3) is 7.51. The number of halogens is 1. The van der Waals surface area contributed by atoms with Gasteiger partial charge in [-0.15, -0.1) is 0 Å². The number of fused-ring (bicyclic) bond motifs is 1. The van der Waals surface area contributed by atoms with Crippen molar-refractivity contribution in [2.45, 2.75) is 77.1 Å². The number of nitrogens with zero attached hydrogens (tertiary/aromatic N) is 3. The highest BCUT2D eigenvalue weighted by molar-refractivity contribution is 5.86. The number of methoxy groups -OCH3 is 1. The Morgan fingerprint density at radius 2 is 1.77 bits per heavy atom. The number of hydrogen-bond donors (Lipinski definition) is 1. The van der Waals surface area contributed by atoms with Crippen LogP contribution in [-0.4, -0.2) is 69.9 Å². The van der Waals surface area contributed by atoms with E-state index in [0.717, 1.165) is 47.0 Å². The molecule has 2 heterocycles. The van der Waals surface area contributed by atoms with E-state index >= 15 is 4.39 Å². The smallest absolute Gasteiger partial charge is 0.410 e. The number of phenolic OH excluding ortho intramolecular Hbond substituents is 1. The van der Waals surface area contributed by atoms with Crippen molar-refractivity contribution in [3.8, 4) is 16.9 Å². The number of carbonyl (C=O) groups is 2. The number of piperidine rings is 1. The number of amides is 2. The molecular weight excluding hydrogens is 609 g/mol. The zero-order chi connectivity index (χ0) is 34.0. The van der Waals surface area contributed by atoms with E-state index in [1.54, 1.807) is 30.2 Å². The number of carbonyl (C=O) groups excluding carboxylic acids is 2. The standard InChI is InChI=1S/C39H46FN3O5/c1-39(2,3)48-38(46)42-18-16-32(28-20-27(21-31(44)22-28)26-10-6-5-7-11-26)33(25-42)37(45)43(30-14-15-30)24-29-23-41(17-9-19-47-4)35-13-8-12-34(40)36(29)35/h5-8,10-13,20-23,30,32-33,44H,9,14-19,24-25H2,1-4H3. The maximum absolute atomic E-state index is 15.4. The van der Waals surface area contributed by atoms with Crippen LogP contribution in [0.15, 0.2) is 72.9 Å². The molecule has 1 saturated carbocycles. The predicted octanol–water partition coefficient (Wildman–Crippen LogP) is 7.72. The van der Waals surface area contributed by atoms with Crippen molar-refractivity contribution in [2.24, 2.45) is 5.92 Å². The van der Waals surface area contributed by atoms with E-state index in [1.165, 1.54) is 6.07 Å². The summed E-state index contributed by atoms with van der Waals surface area (Å²) in [4.78, 5) is 31.7. The van der Waals surface area contributed by atoms with E-state index in [1.807, 2.05) is 78.9 Å². The van der Waals surface area contributed by atoms with Gasteiger partial charge in [-0.3, -0.25) is 4.79 Å². The lowest BCUT2D eigenvalue weighted by Gasteiger charge is -2.40. The summed E-state index contributed by atoms with van der Waals surface area (Å²) in [7, 11) is 1.67. The molecule has 6 rings (SSSR count). The van der Waals surface area contributed by atoms with Gasteiger partial charge in [-0.1, -0.05) is 42.5 Å². The Balaban J connectivity index is 1.36. The Kier molecular flexibility index (Phi) is 9.78. The molecule has 1 aliphatic carbocycles. The second-order valence-electron chi connectivity index (χ2n) is 14.1. The highest BCUT2D eigenvalue weighted by Crippen LogP contribution is 2.41. The monoisotopic (exact) mass is 655 g/mol. The van der Waals surface area contributed by atoms with Crippen molar-refractivity contribution in [1.29, 1.82) is 0 Å². The van der Waals surface area contributed by atoms with Gasteiger partial charge in [0.05, 0.1) is 11.4 Å². The second kappa shape index (κ2) is 14.0. The van der Waals surface area contributed by atoms with Gasteiger partial charge in [-0.25, -0.2) is 9.18 Å². The number of ether oxygens (including phenoxy) is 2. The fourth-order valence-electron chi connectivity index (χ4n) is 6.99. The van der Waals surface area contributed by atoms with E-state index in [0.29, 0.717) is 31.5 Å². The van der Waals surface area contributed by atoms with Crippen LogP contribution in [0.3, 0.4) is 0 Å². The third-order valence-corrected chi connectivity index (χ3v) is 9.35. The molecule has 1 aliphatic heterocycles. The summed E-state index contributed by atoms with van der Waals surface area (Å²) in [5, 5.41) is 11.4. The minimum atomic E-state index is -0.676. The first-order valence-corrected chi connectivity index (χ1v) is 17.0. The fourth-order valence-corrected chi connectivity index (χ4v) is 6.99. The van der Waals surface area contributed by atoms with Crippen molar-refractivity contribution in [2.75, 3.05) is 26.8 Å². The summed E-state index contributed by atoms with van der Waals surface area (Å²) in [5.41, 5.74) is 3.57. The van der Waals surface area contributed by atoms with Gasteiger partial charge in [0.25, 0.3) is 0 Å². The number of hydrogen-bond acceptors (Lipinski definition) is 5. The zero-order valence-corrected chi connectivity index (χ0v) is 28.3. The summed E-state index contributed by atoms with van der Waals surface area (Å²) in [5.74, 6) is -1.09. The molecule has 3 aromatic carbocycles. The summed E-state index contributed by atoms with van der Waals surface area (Å²) < 4.78 is 28.5. The Hall–Kier alpha value is -4.37. The van der Waals surface area contributed by atoms with Crippen LogP contribution in [0, 0.1) is 11.7 Å². The average Bonchev–Trinajstić information content (AvgIpc) is 3.84. The van der Waals surface area contributed by atoms with Gasteiger partial charge in [-0.05, 0) is 98.9 Å². The molecule has 0 radical (unpaired) electrons. The first kappa shape index (κ1) is 33.5. The molecule has 1 aromatic heterocycles. The molecule has 0 spiro atoms.